The van der Waals surface area contributed by atoms with Crippen molar-refractivity contribution in [1.82, 2.24) is 10.6 Å². The summed E-state index contributed by atoms with van der Waals surface area (Å²) in [5.41, 5.74) is 9.04. The molecule has 0 heterocycles. The van der Waals surface area contributed by atoms with Crippen LogP contribution in [0, 0.1) is 5.41 Å². The standard InChI is InChI=1S/C25H40N4O7/c1-23(2,3)25(35-21(27)32,15-17-10-8-7-9-11-17)16-18(34-20(26)31)14-19(30)28-12-13-29-22(33)36-24(4,5)6/h7-11,18H,12-16H2,1-6H3,(H2,26,31)(H2,27,32)(H,28,30)(H,29,33). The third-order valence-corrected chi connectivity index (χ3v) is 5.36. The van der Waals surface area contributed by atoms with Gasteiger partial charge in [-0.3, -0.25) is 4.79 Å². The zero-order valence-corrected chi connectivity index (χ0v) is 22.0. The zero-order valence-electron chi connectivity index (χ0n) is 22.0. The Bertz CT molecular complexity index is 894. The first-order valence-electron chi connectivity index (χ1n) is 11.7. The molecule has 11 heteroatoms. The second-order valence-corrected chi connectivity index (χ2v) is 10.6. The molecule has 0 saturated heterocycles. The molecule has 0 aliphatic rings. The molecule has 2 unspecified atom stereocenters. The lowest BCUT2D eigenvalue weighted by Crippen LogP contribution is -2.53. The van der Waals surface area contributed by atoms with E-state index in [4.69, 9.17) is 25.7 Å². The Balaban J connectivity index is 2.97. The molecule has 0 aliphatic carbocycles. The summed E-state index contributed by atoms with van der Waals surface area (Å²) < 4.78 is 16.1. The molecule has 4 amide bonds. The topological polar surface area (TPSA) is 172 Å². The molecule has 6 N–H and O–H groups in total. The number of hydrogen-bond donors (Lipinski definition) is 4. The van der Waals surface area contributed by atoms with Crippen molar-refractivity contribution >= 4 is 24.2 Å². The smallest absolute Gasteiger partial charge is 0.407 e. The molecular weight excluding hydrogens is 468 g/mol. The van der Waals surface area contributed by atoms with Crippen LogP contribution in [-0.2, 0) is 25.4 Å². The van der Waals surface area contributed by atoms with Crippen LogP contribution in [0.4, 0.5) is 14.4 Å². The molecule has 0 spiro atoms. The molecule has 0 fully saturated rings. The number of benzene rings is 1. The van der Waals surface area contributed by atoms with Crippen molar-refractivity contribution in [2.75, 3.05) is 13.1 Å². The Labute approximate surface area is 212 Å². The number of rotatable bonds is 11. The maximum Gasteiger partial charge on any atom is 0.407 e. The molecule has 0 bridgehead atoms. The highest BCUT2D eigenvalue weighted by Crippen LogP contribution is 2.41. The molecule has 0 saturated carbocycles. The van der Waals surface area contributed by atoms with Crippen molar-refractivity contribution in [2.24, 2.45) is 16.9 Å². The van der Waals surface area contributed by atoms with Crippen LogP contribution in [0.3, 0.4) is 0 Å². The molecule has 1 aromatic carbocycles. The van der Waals surface area contributed by atoms with Crippen LogP contribution in [0.1, 0.15) is 59.9 Å². The van der Waals surface area contributed by atoms with E-state index in [-0.39, 0.29) is 32.4 Å². The minimum Gasteiger partial charge on any atom is -0.446 e. The van der Waals surface area contributed by atoms with Crippen LogP contribution in [0.25, 0.3) is 0 Å². The molecule has 202 valence electrons. The molecule has 11 nitrogen and oxygen atoms in total. The van der Waals surface area contributed by atoms with E-state index in [0.29, 0.717) is 0 Å². The zero-order chi connectivity index (χ0) is 27.6. The highest BCUT2D eigenvalue weighted by molar-refractivity contribution is 5.77. The van der Waals surface area contributed by atoms with Gasteiger partial charge in [-0.2, -0.15) is 0 Å². The Hall–Kier alpha value is -3.50. The minimum atomic E-state index is -1.22. The Morgan fingerprint density at radius 3 is 1.94 bits per heavy atom. The summed E-state index contributed by atoms with van der Waals surface area (Å²) in [5.74, 6) is -0.450. The lowest BCUT2D eigenvalue weighted by atomic mass is 9.69. The largest absolute Gasteiger partial charge is 0.446 e. The van der Waals surface area contributed by atoms with E-state index >= 15 is 0 Å². The van der Waals surface area contributed by atoms with Crippen LogP contribution >= 0.6 is 0 Å². The lowest BCUT2D eigenvalue weighted by molar-refractivity contribution is -0.126. The van der Waals surface area contributed by atoms with Gasteiger partial charge < -0.3 is 36.3 Å². The maximum absolute atomic E-state index is 12.6. The quantitative estimate of drug-likeness (QED) is 0.263. The van der Waals surface area contributed by atoms with Gasteiger partial charge in [0.25, 0.3) is 0 Å². The van der Waals surface area contributed by atoms with Gasteiger partial charge in [0.15, 0.2) is 0 Å². The number of amides is 4. The summed E-state index contributed by atoms with van der Waals surface area (Å²) in [6, 6.07) is 9.31. The predicted molar refractivity (Wildman–Crippen MR) is 134 cm³/mol. The van der Waals surface area contributed by atoms with Crippen molar-refractivity contribution in [3.63, 3.8) is 0 Å². The van der Waals surface area contributed by atoms with Crippen molar-refractivity contribution in [3.8, 4) is 0 Å². The average molecular weight is 509 g/mol. The van der Waals surface area contributed by atoms with E-state index in [1.54, 1.807) is 20.8 Å². The first-order valence-corrected chi connectivity index (χ1v) is 11.7. The van der Waals surface area contributed by atoms with Crippen LogP contribution in [0.2, 0.25) is 0 Å². The Kier molecular flexibility index (Phi) is 11.0. The molecular formula is C25H40N4O7. The number of nitrogens with two attached hydrogens (primary N) is 2. The molecule has 1 aromatic rings. The van der Waals surface area contributed by atoms with E-state index in [2.05, 4.69) is 10.6 Å². The van der Waals surface area contributed by atoms with Gasteiger partial charge in [0.05, 0.1) is 6.42 Å². The summed E-state index contributed by atoms with van der Waals surface area (Å²) >= 11 is 0. The van der Waals surface area contributed by atoms with Gasteiger partial charge >= 0.3 is 18.3 Å². The fourth-order valence-electron chi connectivity index (χ4n) is 3.64. The van der Waals surface area contributed by atoms with Gasteiger partial charge in [-0.25, -0.2) is 14.4 Å². The number of nitrogens with one attached hydrogen (secondary N) is 2. The van der Waals surface area contributed by atoms with E-state index in [9.17, 15) is 19.2 Å². The molecule has 0 aliphatic heterocycles. The van der Waals surface area contributed by atoms with Crippen LogP contribution in [0.5, 0.6) is 0 Å². The number of hydrogen-bond acceptors (Lipinski definition) is 7. The van der Waals surface area contributed by atoms with E-state index in [0.717, 1.165) is 5.56 Å². The van der Waals surface area contributed by atoms with Crippen molar-refractivity contribution in [3.05, 3.63) is 35.9 Å². The van der Waals surface area contributed by atoms with Gasteiger partial charge in [0.2, 0.25) is 5.91 Å². The lowest BCUT2D eigenvalue weighted by Gasteiger charge is -2.45. The van der Waals surface area contributed by atoms with Gasteiger partial charge in [-0.15, -0.1) is 0 Å². The minimum absolute atomic E-state index is 0.0269. The summed E-state index contributed by atoms with van der Waals surface area (Å²) in [6.07, 6.45) is -3.68. The van der Waals surface area contributed by atoms with Crippen LogP contribution < -0.4 is 22.1 Å². The fraction of sp³-hybridized carbons (Fsp3) is 0.600. The van der Waals surface area contributed by atoms with Gasteiger partial charge in [0, 0.05) is 31.3 Å². The molecule has 0 radical (unpaired) electrons. The summed E-state index contributed by atoms with van der Waals surface area (Å²) in [7, 11) is 0. The first-order chi connectivity index (χ1) is 16.5. The molecule has 0 aromatic heterocycles. The van der Waals surface area contributed by atoms with Crippen LogP contribution in [0.15, 0.2) is 30.3 Å². The molecule has 1 rings (SSSR count). The number of alkyl carbamates (subject to hydrolysis) is 1. The van der Waals surface area contributed by atoms with E-state index < -0.39 is 46.9 Å². The van der Waals surface area contributed by atoms with Crippen molar-refractivity contribution in [1.29, 1.82) is 0 Å². The van der Waals surface area contributed by atoms with Crippen LogP contribution in [-0.4, -0.2) is 54.6 Å². The highest BCUT2D eigenvalue weighted by Gasteiger charge is 2.48. The fourth-order valence-corrected chi connectivity index (χ4v) is 3.64. The first kappa shape index (κ1) is 30.5. The SMILES string of the molecule is CC(C)(C)OC(=O)NCCNC(=O)CC(CC(Cc1ccccc1)(OC(N)=O)C(C)(C)C)OC(N)=O. The average Bonchev–Trinajstić information content (AvgIpc) is 2.68. The van der Waals surface area contributed by atoms with E-state index in [1.165, 1.54) is 0 Å². The maximum atomic E-state index is 12.6. The summed E-state index contributed by atoms with van der Waals surface area (Å²) in [5, 5.41) is 5.18. The Morgan fingerprint density at radius 1 is 0.861 bits per heavy atom. The second kappa shape index (κ2) is 13.0. The van der Waals surface area contributed by atoms with Crippen molar-refractivity contribution in [2.45, 2.75) is 78.1 Å². The predicted octanol–water partition coefficient (Wildman–Crippen LogP) is 2.99. The summed E-state index contributed by atoms with van der Waals surface area (Å²) in [6.45, 7) is 11.1. The number of carbonyl (C=O) groups excluding carboxylic acids is 4. The summed E-state index contributed by atoms with van der Waals surface area (Å²) in [4.78, 5) is 47.9. The molecule has 2 atom stereocenters. The monoisotopic (exact) mass is 508 g/mol. The Morgan fingerprint density at radius 2 is 1.44 bits per heavy atom. The number of ether oxygens (including phenoxy) is 3. The van der Waals surface area contributed by atoms with Gasteiger partial charge in [-0.05, 0) is 26.3 Å². The van der Waals surface area contributed by atoms with Gasteiger partial charge in [0.1, 0.15) is 17.3 Å². The second-order valence-electron chi connectivity index (χ2n) is 10.6. The normalized spacial score (nSPS) is 14.1. The molecule has 36 heavy (non-hydrogen) atoms. The van der Waals surface area contributed by atoms with Gasteiger partial charge in [-0.1, -0.05) is 51.1 Å². The number of primary amides is 2. The highest BCUT2D eigenvalue weighted by atomic mass is 16.6. The third kappa shape index (κ3) is 11.3. The van der Waals surface area contributed by atoms with E-state index in [1.807, 2.05) is 51.1 Å². The number of carbonyl (C=O) groups is 4. The van der Waals surface area contributed by atoms with Crippen molar-refractivity contribution < 1.29 is 33.4 Å². The third-order valence-electron chi connectivity index (χ3n) is 5.36.